The standard InChI is InChI=1S/C14H16N4O3/c1-8(2)7-11-12(14(20)21)16-17-18(11)10-5-3-9(4-6-10)13(15)19/h3-6,8H,7H2,1-2H3,(H2,15,19)(H,20,21). The number of carbonyl (C=O) groups is 2. The third-order valence-electron chi connectivity index (χ3n) is 2.96. The van der Waals surface area contributed by atoms with Crippen LogP contribution in [-0.4, -0.2) is 32.0 Å². The van der Waals surface area contributed by atoms with Gasteiger partial charge in [-0.05, 0) is 36.6 Å². The average molecular weight is 288 g/mol. The molecule has 0 spiro atoms. The minimum atomic E-state index is -1.11. The van der Waals surface area contributed by atoms with Crippen LogP contribution in [-0.2, 0) is 6.42 Å². The van der Waals surface area contributed by atoms with Crippen LogP contribution in [0.4, 0.5) is 0 Å². The van der Waals surface area contributed by atoms with Crippen LogP contribution in [0.25, 0.3) is 5.69 Å². The number of amides is 1. The molecule has 0 saturated carbocycles. The van der Waals surface area contributed by atoms with Crippen LogP contribution in [0.3, 0.4) is 0 Å². The molecule has 1 amide bonds. The maximum Gasteiger partial charge on any atom is 0.358 e. The van der Waals surface area contributed by atoms with Gasteiger partial charge in [-0.3, -0.25) is 4.79 Å². The number of rotatable bonds is 5. The Labute approximate surface area is 121 Å². The number of carbonyl (C=O) groups excluding carboxylic acids is 1. The molecular weight excluding hydrogens is 272 g/mol. The van der Waals surface area contributed by atoms with Gasteiger partial charge >= 0.3 is 5.97 Å². The van der Waals surface area contributed by atoms with Crippen LogP contribution in [0.2, 0.25) is 0 Å². The van der Waals surface area contributed by atoms with E-state index < -0.39 is 11.9 Å². The number of carboxylic acid groups (broad SMARTS) is 1. The Morgan fingerprint density at radius 1 is 1.29 bits per heavy atom. The summed E-state index contributed by atoms with van der Waals surface area (Å²) in [5.74, 6) is -1.37. The number of nitrogens with zero attached hydrogens (tertiary/aromatic N) is 3. The maximum absolute atomic E-state index is 11.2. The Kier molecular flexibility index (Phi) is 4.02. The Morgan fingerprint density at radius 2 is 1.90 bits per heavy atom. The zero-order valence-corrected chi connectivity index (χ0v) is 11.8. The Hall–Kier alpha value is -2.70. The zero-order chi connectivity index (χ0) is 15.6. The monoisotopic (exact) mass is 288 g/mol. The number of primary amides is 1. The molecule has 0 aliphatic carbocycles. The molecule has 0 fully saturated rings. The van der Waals surface area contributed by atoms with Crippen molar-refractivity contribution < 1.29 is 14.7 Å². The highest BCUT2D eigenvalue weighted by atomic mass is 16.4. The Balaban J connectivity index is 2.47. The number of aromatic nitrogens is 3. The second-order valence-electron chi connectivity index (χ2n) is 5.11. The summed E-state index contributed by atoms with van der Waals surface area (Å²) in [6.45, 7) is 3.97. The number of carboxylic acids is 1. The van der Waals surface area contributed by atoms with Gasteiger partial charge in [-0.15, -0.1) is 5.10 Å². The summed E-state index contributed by atoms with van der Waals surface area (Å²) < 4.78 is 1.48. The first-order valence-electron chi connectivity index (χ1n) is 6.48. The van der Waals surface area contributed by atoms with Gasteiger partial charge in [0, 0.05) is 5.56 Å². The molecule has 21 heavy (non-hydrogen) atoms. The first kappa shape index (κ1) is 14.7. The Bertz CT molecular complexity index is 674. The minimum absolute atomic E-state index is 0.0531. The van der Waals surface area contributed by atoms with Crippen LogP contribution in [0.1, 0.15) is 40.4 Å². The lowest BCUT2D eigenvalue weighted by atomic mass is 10.1. The Morgan fingerprint density at radius 3 is 2.38 bits per heavy atom. The first-order valence-corrected chi connectivity index (χ1v) is 6.48. The van der Waals surface area contributed by atoms with E-state index in [2.05, 4.69) is 10.3 Å². The molecule has 110 valence electrons. The van der Waals surface area contributed by atoms with Crippen molar-refractivity contribution in [2.45, 2.75) is 20.3 Å². The molecule has 0 radical (unpaired) electrons. The summed E-state index contributed by atoms with van der Waals surface area (Å²) in [7, 11) is 0. The second kappa shape index (κ2) is 5.74. The molecule has 0 atom stereocenters. The molecule has 2 rings (SSSR count). The predicted octanol–water partition coefficient (Wildman–Crippen LogP) is 1.26. The van der Waals surface area contributed by atoms with Gasteiger partial charge in [-0.1, -0.05) is 19.1 Å². The van der Waals surface area contributed by atoms with Crippen LogP contribution in [0.15, 0.2) is 24.3 Å². The minimum Gasteiger partial charge on any atom is -0.476 e. The molecule has 1 aromatic heterocycles. The fraction of sp³-hybridized carbons (Fsp3) is 0.286. The van der Waals surface area contributed by atoms with E-state index >= 15 is 0 Å². The van der Waals surface area contributed by atoms with E-state index in [1.807, 2.05) is 13.8 Å². The van der Waals surface area contributed by atoms with Gasteiger partial charge in [0.1, 0.15) is 0 Å². The van der Waals surface area contributed by atoms with E-state index in [1.54, 1.807) is 24.3 Å². The summed E-state index contributed by atoms with van der Waals surface area (Å²) in [5.41, 5.74) is 6.68. The van der Waals surface area contributed by atoms with Crippen molar-refractivity contribution in [1.82, 2.24) is 15.0 Å². The molecule has 7 heteroatoms. The van der Waals surface area contributed by atoms with Crippen molar-refractivity contribution in [1.29, 1.82) is 0 Å². The highest BCUT2D eigenvalue weighted by molar-refractivity contribution is 5.92. The molecular formula is C14H16N4O3. The zero-order valence-electron chi connectivity index (χ0n) is 11.8. The molecule has 0 aliphatic rings. The van der Waals surface area contributed by atoms with E-state index in [-0.39, 0.29) is 11.6 Å². The number of hydrogen-bond donors (Lipinski definition) is 2. The van der Waals surface area contributed by atoms with E-state index in [0.29, 0.717) is 23.4 Å². The van der Waals surface area contributed by atoms with Crippen LogP contribution < -0.4 is 5.73 Å². The van der Waals surface area contributed by atoms with Crippen LogP contribution in [0.5, 0.6) is 0 Å². The summed E-state index contributed by atoms with van der Waals surface area (Å²) in [6, 6.07) is 6.45. The van der Waals surface area contributed by atoms with Crippen LogP contribution in [0, 0.1) is 5.92 Å². The van der Waals surface area contributed by atoms with Gasteiger partial charge in [-0.25, -0.2) is 9.48 Å². The fourth-order valence-corrected chi connectivity index (χ4v) is 2.01. The molecule has 3 N–H and O–H groups in total. The SMILES string of the molecule is CC(C)Cc1c(C(=O)O)nnn1-c1ccc(C(N)=O)cc1. The third-order valence-corrected chi connectivity index (χ3v) is 2.96. The highest BCUT2D eigenvalue weighted by Gasteiger charge is 2.20. The van der Waals surface area contributed by atoms with E-state index in [4.69, 9.17) is 5.73 Å². The first-order chi connectivity index (χ1) is 9.90. The lowest BCUT2D eigenvalue weighted by molar-refractivity contribution is 0.0688. The van der Waals surface area contributed by atoms with Gasteiger partial charge in [0.15, 0.2) is 5.69 Å². The van der Waals surface area contributed by atoms with E-state index in [0.717, 1.165) is 0 Å². The molecule has 1 aromatic carbocycles. The smallest absolute Gasteiger partial charge is 0.358 e. The van der Waals surface area contributed by atoms with Crippen LogP contribution >= 0.6 is 0 Å². The van der Waals surface area contributed by atoms with Crippen molar-refractivity contribution in [2.75, 3.05) is 0 Å². The van der Waals surface area contributed by atoms with E-state index in [1.165, 1.54) is 4.68 Å². The normalized spacial score (nSPS) is 10.8. The van der Waals surface area contributed by atoms with Crippen molar-refractivity contribution >= 4 is 11.9 Å². The lowest BCUT2D eigenvalue weighted by Gasteiger charge is -2.09. The molecule has 1 heterocycles. The van der Waals surface area contributed by atoms with Crippen molar-refractivity contribution in [3.8, 4) is 5.69 Å². The van der Waals surface area contributed by atoms with Crippen molar-refractivity contribution in [3.63, 3.8) is 0 Å². The van der Waals surface area contributed by atoms with Gasteiger partial charge in [0.2, 0.25) is 5.91 Å². The average Bonchev–Trinajstić information content (AvgIpc) is 2.81. The van der Waals surface area contributed by atoms with Crippen molar-refractivity contribution in [3.05, 3.63) is 41.2 Å². The fourth-order valence-electron chi connectivity index (χ4n) is 2.01. The second-order valence-corrected chi connectivity index (χ2v) is 5.11. The van der Waals surface area contributed by atoms with E-state index in [9.17, 15) is 14.7 Å². The maximum atomic E-state index is 11.2. The van der Waals surface area contributed by atoms with Gasteiger partial charge in [0.05, 0.1) is 11.4 Å². The largest absolute Gasteiger partial charge is 0.476 e. The lowest BCUT2D eigenvalue weighted by Crippen LogP contribution is -2.12. The summed E-state index contributed by atoms with van der Waals surface area (Å²) in [6.07, 6.45) is 0.534. The molecule has 0 saturated heterocycles. The highest BCUT2D eigenvalue weighted by Crippen LogP contribution is 2.17. The van der Waals surface area contributed by atoms with Crippen molar-refractivity contribution in [2.24, 2.45) is 11.7 Å². The topological polar surface area (TPSA) is 111 Å². The summed E-state index contributed by atoms with van der Waals surface area (Å²) in [4.78, 5) is 22.3. The summed E-state index contributed by atoms with van der Waals surface area (Å²) >= 11 is 0. The number of nitrogens with two attached hydrogens (primary N) is 1. The number of hydrogen-bond acceptors (Lipinski definition) is 4. The molecule has 2 aromatic rings. The van der Waals surface area contributed by atoms with Gasteiger partial charge in [0.25, 0.3) is 0 Å². The van der Waals surface area contributed by atoms with Gasteiger partial charge in [-0.2, -0.15) is 0 Å². The van der Waals surface area contributed by atoms with Gasteiger partial charge < -0.3 is 10.8 Å². The quantitative estimate of drug-likeness (QED) is 0.860. The molecule has 0 bridgehead atoms. The molecule has 0 unspecified atom stereocenters. The molecule has 0 aliphatic heterocycles. The summed E-state index contributed by atoms with van der Waals surface area (Å²) in [5, 5.41) is 16.8. The number of aromatic carboxylic acids is 1. The number of benzene rings is 1. The third kappa shape index (κ3) is 3.07. The molecule has 7 nitrogen and oxygen atoms in total. The predicted molar refractivity (Wildman–Crippen MR) is 75.4 cm³/mol.